The van der Waals surface area contributed by atoms with E-state index in [0.717, 1.165) is 54.4 Å². The number of hydrogen-bond donors (Lipinski definition) is 2. The third-order valence-electron chi connectivity index (χ3n) is 6.20. The zero-order valence-corrected chi connectivity index (χ0v) is 19.1. The maximum Gasteiger partial charge on any atom is 0.229 e. The van der Waals surface area contributed by atoms with Gasteiger partial charge in [-0.05, 0) is 62.5 Å². The smallest absolute Gasteiger partial charge is 0.229 e. The van der Waals surface area contributed by atoms with E-state index in [1.54, 1.807) is 0 Å². The standard InChI is InChI=1S/C26H29N7/c1-19-24(20-6-5-7-23(18-20)32-12-3-4-13-32)29-26(30-25(19)27)28-21-8-10-22(11-9-21)33-16-14-31(2)15-17-33/h3-13,18H,14-17H2,1-2H3,(H3,27,28,29,30). The molecule has 4 aromatic rings. The summed E-state index contributed by atoms with van der Waals surface area (Å²) in [6.07, 6.45) is 4.05. The van der Waals surface area contributed by atoms with Crippen LogP contribution in [0.15, 0.2) is 73.1 Å². The first-order valence-electron chi connectivity index (χ1n) is 11.3. The summed E-state index contributed by atoms with van der Waals surface area (Å²) >= 11 is 0. The van der Waals surface area contributed by atoms with E-state index in [9.17, 15) is 0 Å². The van der Waals surface area contributed by atoms with Gasteiger partial charge in [-0.25, -0.2) is 4.98 Å². The van der Waals surface area contributed by atoms with Crippen LogP contribution in [-0.2, 0) is 0 Å². The van der Waals surface area contributed by atoms with Gasteiger partial charge in [-0.2, -0.15) is 4.98 Å². The second-order valence-electron chi connectivity index (χ2n) is 8.51. The fourth-order valence-electron chi connectivity index (χ4n) is 4.14. The van der Waals surface area contributed by atoms with E-state index < -0.39 is 0 Å². The lowest BCUT2D eigenvalue weighted by molar-refractivity contribution is 0.313. The summed E-state index contributed by atoms with van der Waals surface area (Å²) in [6.45, 7) is 6.23. The van der Waals surface area contributed by atoms with Gasteiger partial charge in [0.2, 0.25) is 5.95 Å². The van der Waals surface area contributed by atoms with E-state index in [2.05, 4.69) is 74.2 Å². The molecule has 0 aliphatic carbocycles. The first-order chi connectivity index (χ1) is 16.1. The minimum Gasteiger partial charge on any atom is -0.383 e. The molecule has 1 fully saturated rings. The highest BCUT2D eigenvalue weighted by Gasteiger charge is 2.15. The summed E-state index contributed by atoms with van der Waals surface area (Å²) in [6, 6.07) is 20.7. The minimum atomic E-state index is 0.475. The number of anilines is 4. The Balaban J connectivity index is 1.39. The molecule has 0 saturated carbocycles. The van der Waals surface area contributed by atoms with Gasteiger partial charge >= 0.3 is 0 Å². The lowest BCUT2D eigenvalue weighted by Crippen LogP contribution is -2.44. The molecule has 2 aromatic heterocycles. The van der Waals surface area contributed by atoms with Gasteiger partial charge in [0.25, 0.3) is 0 Å². The number of hydrogen-bond acceptors (Lipinski definition) is 6. The molecule has 0 atom stereocenters. The quantitative estimate of drug-likeness (QED) is 0.482. The molecule has 3 N–H and O–H groups in total. The molecule has 33 heavy (non-hydrogen) atoms. The Morgan fingerprint density at radius 1 is 0.848 bits per heavy atom. The van der Waals surface area contributed by atoms with Crippen LogP contribution in [0, 0.1) is 6.92 Å². The Kier molecular flexibility index (Phi) is 5.71. The van der Waals surface area contributed by atoms with Crippen molar-refractivity contribution in [2.75, 3.05) is 49.2 Å². The molecule has 0 unspecified atom stereocenters. The van der Waals surface area contributed by atoms with Gasteiger partial charge in [-0.3, -0.25) is 0 Å². The number of nitrogens with two attached hydrogens (primary N) is 1. The predicted molar refractivity (Wildman–Crippen MR) is 135 cm³/mol. The Hall–Kier alpha value is -3.84. The van der Waals surface area contributed by atoms with Crippen molar-refractivity contribution in [3.8, 4) is 16.9 Å². The maximum atomic E-state index is 6.27. The highest BCUT2D eigenvalue weighted by atomic mass is 15.2. The maximum absolute atomic E-state index is 6.27. The van der Waals surface area contributed by atoms with Crippen LogP contribution in [-0.4, -0.2) is 52.7 Å². The second kappa shape index (κ2) is 8.96. The number of nitrogen functional groups attached to an aromatic ring is 1. The molecule has 1 aliphatic heterocycles. The fraction of sp³-hybridized carbons (Fsp3) is 0.231. The largest absolute Gasteiger partial charge is 0.383 e. The Bertz CT molecular complexity index is 1220. The van der Waals surface area contributed by atoms with Crippen LogP contribution in [0.2, 0.25) is 0 Å². The minimum absolute atomic E-state index is 0.475. The average molecular weight is 440 g/mol. The molecule has 3 heterocycles. The van der Waals surface area contributed by atoms with Crippen LogP contribution in [0.3, 0.4) is 0 Å². The Morgan fingerprint density at radius 2 is 1.58 bits per heavy atom. The van der Waals surface area contributed by atoms with Gasteiger partial charge in [0, 0.05) is 66.8 Å². The Labute approximate surface area is 194 Å². The fourth-order valence-corrected chi connectivity index (χ4v) is 4.14. The van der Waals surface area contributed by atoms with Crippen LogP contribution in [0.25, 0.3) is 16.9 Å². The third-order valence-corrected chi connectivity index (χ3v) is 6.20. The van der Waals surface area contributed by atoms with Crippen molar-refractivity contribution >= 4 is 23.1 Å². The molecule has 0 amide bonds. The molecular formula is C26H29N7. The van der Waals surface area contributed by atoms with Gasteiger partial charge in [0.1, 0.15) is 5.82 Å². The average Bonchev–Trinajstić information content (AvgIpc) is 3.38. The molecule has 168 valence electrons. The lowest BCUT2D eigenvalue weighted by Gasteiger charge is -2.34. The predicted octanol–water partition coefficient (Wildman–Crippen LogP) is 4.32. The van der Waals surface area contributed by atoms with Crippen molar-refractivity contribution < 1.29 is 0 Å². The molecule has 1 saturated heterocycles. The van der Waals surface area contributed by atoms with E-state index in [4.69, 9.17) is 10.7 Å². The summed E-state index contributed by atoms with van der Waals surface area (Å²) in [4.78, 5) is 14.1. The van der Waals surface area contributed by atoms with Crippen LogP contribution < -0.4 is 16.0 Å². The number of aromatic nitrogens is 3. The van der Waals surface area contributed by atoms with Crippen molar-refractivity contribution in [1.82, 2.24) is 19.4 Å². The molecule has 2 aromatic carbocycles. The van der Waals surface area contributed by atoms with E-state index in [1.807, 2.05) is 37.5 Å². The highest BCUT2D eigenvalue weighted by Crippen LogP contribution is 2.29. The monoisotopic (exact) mass is 439 g/mol. The van der Waals surface area contributed by atoms with Crippen LogP contribution >= 0.6 is 0 Å². The number of nitrogens with one attached hydrogen (secondary N) is 1. The van der Waals surface area contributed by atoms with Crippen LogP contribution in [0.1, 0.15) is 5.56 Å². The summed E-state index contributed by atoms with van der Waals surface area (Å²) in [5, 5.41) is 3.33. The molecule has 5 rings (SSSR count). The number of rotatable bonds is 5. The SMILES string of the molecule is Cc1c(N)nc(Nc2ccc(N3CCN(C)CC3)cc2)nc1-c1cccc(-n2cccc2)c1. The summed E-state index contributed by atoms with van der Waals surface area (Å²) in [5.41, 5.74) is 12.2. The number of likely N-dealkylation sites (N-methyl/N-ethyl adjacent to an activating group) is 1. The van der Waals surface area contributed by atoms with Crippen LogP contribution in [0.5, 0.6) is 0 Å². The molecular weight excluding hydrogens is 410 g/mol. The van der Waals surface area contributed by atoms with Gasteiger partial charge in [-0.15, -0.1) is 0 Å². The van der Waals surface area contributed by atoms with Crippen molar-refractivity contribution in [3.05, 3.63) is 78.6 Å². The van der Waals surface area contributed by atoms with E-state index in [0.29, 0.717) is 11.8 Å². The first kappa shape index (κ1) is 21.0. The highest BCUT2D eigenvalue weighted by molar-refractivity contribution is 5.72. The lowest BCUT2D eigenvalue weighted by atomic mass is 10.1. The molecule has 1 aliphatic rings. The van der Waals surface area contributed by atoms with Gasteiger partial charge in [0.15, 0.2) is 0 Å². The summed E-state index contributed by atoms with van der Waals surface area (Å²) in [5.74, 6) is 0.967. The molecule has 0 spiro atoms. The van der Waals surface area contributed by atoms with E-state index >= 15 is 0 Å². The molecule has 0 radical (unpaired) electrons. The van der Waals surface area contributed by atoms with E-state index in [-0.39, 0.29) is 0 Å². The second-order valence-corrected chi connectivity index (χ2v) is 8.51. The van der Waals surface area contributed by atoms with E-state index in [1.165, 1.54) is 5.69 Å². The summed E-state index contributed by atoms with van der Waals surface area (Å²) in [7, 11) is 2.17. The van der Waals surface area contributed by atoms with Gasteiger partial charge < -0.3 is 25.4 Å². The van der Waals surface area contributed by atoms with Crippen molar-refractivity contribution in [1.29, 1.82) is 0 Å². The summed E-state index contributed by atoms with van der Waals surface area (Å²) < 4.78 is 2.07. The molecule has 7 nitrogen and oxygen atoms in total. The van der Waals surface area contributed by atoms with Crippen molar-refractivity contribution in [2.24, 2.45) is 0 Å². The Morgan fingerprint density at radius 3 is 2.30 bits per heavy atom. The van der Waals surface area contributed by atoms with Gasteiger partial charge in [-0.1, -0.05) is 12.1 Å². The van der Waals surface area contributed by atoms with Crippen molar-refractivity contribution in [3.63, 3.8) is 0 Å². The normalized spacial score (nSPS) is 14.4. The first-order valence-corrected chi connectivity index (χ1v) is 11.3. The van der Waals surface area contributed by atoms with Crippen LogP contribution in [0.4, 0.5) is 23.1 Å². The third kappa shape index (κ3) is 4.54. The zero-order valence-electron chi connectivity index (χ0n) is 19.1. The topological polar surface area (TPSA) is 75.2 Å². The molecule has 0 bridgehead atoms. The zero-order chi connectivity index (χ0) is 22.8. The number of benzene rings is 2. The number of nitrogens with zero attached hydrogens (tertiary/aromatic N) is 5. The van der Waals surface area contributed by atoms with Crippen molar-refractivity contribution in [2.45, 2.75) is 6.92 Å². The number of piperazine rings is 1. The van der Waals surface area contributed by atoms with Gasteiger partial charge in [0.05, 0.1) is 5.69 Å². The molecule has 7 heteroatoms.